The number of morpholine rings is 1. The predicted octanol–water partition coefficient (Wildman–Crippen LogP) is 1.01. The molecule has 0 aliphatic carbocycles. The molecule has 1 heterocycles. The number of nitro benzene ring substituents is 1. The molecule has 1 atom stereocenters. The number of methoxy groups -OCH3 is 2. The second kappa shape index (κ2) is 7.09. The number of rotatable bonds is 6. The molecule has 0 radical (unpaired) electrons. The van der Waals surface area contributed by atoms with Crippen molar-refractivity contribution < 1.29 is 19.1 Å². The quantitative estimate of drug-likeness (QED) is 0.597. The van der Waals surface area contributed by atoms with E-state index in [9.17, 15) is 10.1 Å². The standard InChI is InChI=1S/C13H19N3O5/c1-19-12-5-10(11(16(17)18)6-13(12)20-2)15-8-9-7-14-3-4-21-9/h5-6,9,14-15H,3-4,7-8H2,1-2H3. The second-order valence-corrected chi connectivity index (χ2v) is 4.56. The summed E-state index contributed by atoms with van der Waals surface area (Å²) in [5, 5.41) is 17.4. The van der Waals surface area contributed by atoms with Crippen molar-refractivity contribution in [1.29, 1.82) is 0 Å². The Morgan fingerprint density at radius 2 is 2.14 bits per heavy atom. The van der Waals surface area contributed by atoms with Crippen molar-refractivity contribution in [2.45, 2.75) is 6.10 Å². The first-order valence-corrected chi connectivity index (χ1v) is 6.62. The summed E-state index contributed by atoms with van der Waals surface area (Å²) in [6.07, 6.45) is -0.0218. The molecule has 1 aliphatic rings. The zero-order valence-electron chi connectivity index (χ0n) is 12.0. The average Bonchev–Trinajstić information content (AvgIpc) is 2.52. The molecular formula is C13H19N3O5. The van der Waals surface area contributed by atoms with Gasteiger partial charge in [0.2, 0.25) is 0 Å². The van der Waals surface area contributed by atoms with Crippen molar-refractivity contribution in [3.8, 4) is 11.5 Å². The SMILES string of the molecule is COc1cc(NCC2CNCCO2)c([N+](=O)[O-])cc1OC. The van der Waals surface area contributed by atoms with Gasteiger partial charge in [-0.1, -0.05) is 0 Å². The molecule has 8 heteroatoms. The van der Waals surface area contributed by atoms with E-state index in [-0.39, 0.29) is 11.8 Å². The lowest BCUT2D eigenvalue weighted by Gasteiger charge is -2.24. The molecule has 0 bridgehead atoms. The molecule has 21 heavy (non-hydrogen) atoms. The van der Waals surface area contributed by atoms with Crippen LogP contribution >= 0.6 is 0 Å². The van der Waals surface area contributed by atoms with E-state index in [2.05, 4.69) is 10.6 Å². The maximum Gasteiger partial charge on any atom is 0.296 e. The number of benzene rings is 1. The van der Waals surface area contributed by atoms with Gasteiger partial charge < -0.3 is 24.8 Å². The lowest BCUT2D eigenvalue weighted by atomic mass is 10.2. The van der Waals surface area contributed by atoms with Gasteiger partial charge in [0.1, 0.15) is 5.69 Å². The summed E-state index contributed by atoms with van der Waals surface area (Å²) in [5.41, 5.74) is 0.322. The van der Waals surface area contributed by atoms with Crippen molar-refractivity contribution in [2.24, 2.45) is 0 Å². The Hall–Kier alpha value is -2.06. The maximum atomic E-state index is 11.2. The monoisotopic (exact) mass is 297 g/mol. The Kier molecular flexibility index (Phi) is 5.18. The fourth-order valence-corrected chi connectivity index (χ4v) is 2.14. The maximum absolute atomic E-state index is 11.2. The number of hydrogen-bond acceptors (Lipinski definition) is 7. The van der Waals surface area contributed by atoms with Gasteiger partial charge in [-0.05, 0) is 0 Å². The fourth-order valence-electron chi connectivity index (χ4n) is 2.14. The summed E-state index contributed by atoms with van der Waals surface area (Å²) in [6, 6.07) is 2.91. The molecular weight excluding hydrogens is 278 g/mol. The average molecular weight is 297 g/mol. The van der Waals surface area contributed by atoms with Gasteiger partial charge in [-0.3, -0.25) is 10.1 Å². The van der Waals surface area contributed by atoms with Crippen LogP contribution in [-0.4, -0.2) is 51.5 Å². The molecule has 0 aromatic heterocycles. The first-order chi connectivity index (χ1) is 10.2. The molecule has 0 amide bonds. The summed E-state index contributed by atoms with van der Waals surface area (Å²) in [4.78, 5) is 10.7. The van der Waals surface area contributed by atoms with Crippen LogP contribution in [0.4, 0.5) is 11.4 Å². The third-order valence-corrected chi connectivity index (χ3v) is 3.22. The lowest BCUT2D eigenvalue weighted by Crippen LogP contribution is -2.42. The highest BCUT2D eigenvalue weighted by atomic mass is 16.6. The topological polar surface area (TPSA) is 94.9 Å². The van der Waals surface area contributed by atoms with Crippen LogP contribution in [0.25, 0.3) is 0 Å². The summed E-state index contributed by atoms with van der Waals surface area (Å²) >= 11 is 0. The number of ether oxygens (including phenoxy) is 3. The van der Waals surface area contributed by atoms with Crippen LogP contribution in [0.3, 0.4) is 0 Å². The van der Waals surface area contributed by atoms with E-state index in [1.54, 1.807) is 6.07 Å². The normalized spacial score (nSPS) is 18.1. The van der Waals surface area contributed by atoms with Gasteiger partial charge in [-0.25, -0.2) is 0 Å². The van der Waals surface area contributed by atoms with Crippen molar-refractivity contribution in [1.82, 2.24) is 5.32 Å². The van der Waals surface area contributed by atoms with E-state index < -0.39 is 4.92 Å². The minimum Gasteiger partial charge on any atom is -0.493 e. The highest BCUT2D eigenvalue weighted by Crippen LogP contribution is 2.37. The highest BCUT2D eigenvalue weighted by molar-refractivity contribution is 5.68. The van der Waals surface area contributed by atoms with Crippen LogP contribution in [0, 0.1) is 10.1 Å². The molecule has 0 spiro atoms. The lowest BCUT2D eigenvalue weighted by molar-refractivity contribution is -0.384. The van der Waals surface area contributed by atoms with Crippen LogP contribution < -0.4 is 20.1 Å². The molecule has 2 N–H and O–H groups in total. The zero-order valence-corrected chi connectivity index (χ0v) is 12.0. The minimum absolute atomic E-state index is 0.0218. The molecule has 116 valence electrons. The Morgan fingerprint density at radius 1 is 1.43 bits per heavy atom. The van der Waals surface area contributed by atoms with Crippen LogP contribution in [0.15, 0.2) is 12.1 Å². The van der Waals surface area contributed by atoms with Crippen molar-refractivity contribution in [3.63, 3.8) is 0 Å². The molecule has 2 rings (SSSR count). The smallest absolute Gasteiger partial charge is 0.296 e. The number of nitrogens with zero attached hydrogens (tertiary/aromatic N) is 1. The Bertz CT molecular complexity index is 503. The molecule has 1 unspecified atom stereocenters. The van der Waals surface area contributed by atoms with E-state index in [1.165, 1.54) is 20.3 Å². The van der Waals surface area contributed by atoms with E-state index in [0.29, 0.717) is 36.9 Å². The van der Waals surface area contributed by atoms with E-state index >= 15 is 0 Å². The van der Waals surface area contributed by atoms with E-state index in [0.717, 1.165) is 6.54 Å². The Labute approximate surface area is 122 Å². The largest absolute Gasteiger partial charge is 0.493 e. The van der Waals surface area contributed by atoms with Gasteiger partial charge in [-0.2, -0.15) is 0 Å². The number of hydrogen-bond donors (Lipinski definition) is 2. The molecule has 1 aromatic rings. The third kappa shape index (κ3) is 3.73. The summed E-state index contributed by atoms with van der Waals surface area (Å²) in [6.45, 7) is 2.66. The van der Waals surface area contributed by atoms with Gasteiger partial charge in [0.15, 0.2) is 11.5 Å². The third-order valence-electron chi connectivity index (χ3n) is 3.22. The van der Waals surface area contributed by atoms with Crippen molar-refractivity contribution >= 4 is 11.4 Å². The molecule has 8 nitrogen and oxygen atoms in total. The van der Waals surface area contributed by atoms with Crippen LogP contribution in [0.1, 0.15) is 0 Å². The Balaban J connectivity index is 2.17. The second-order valence-electron chi connectivity index (χ2n) is 4.56. The molecule has 1 aliphatic heterocycles. The number of anilines is 1. The summed E-state index contributed by atoms with van der Waals surface area (Å²) in [5.74, 6) is 0.763. The zero-order chi connectivity index (χ0) is 15.2. The van der Waals surface area contributed by atoms with Crippen LogP contribution in [0.2, 0.25) is 0 Å². The molecule has 0 saturated carbocycles. The molecule has 1 fully saturated rings. The van der Waals surface area contributed by atoms with E-state index in [4.69, 9.17) is 14.2 Å². The van der Waals surface area contributed by atoms with Crippen molar-refractivity contribution in [3.05, 3.63) is 22.2 Å². The van der Waals surface area contributed by atoms with Gasteiger partial charge in [-0.15, -0.1) is 0 Å². The molecule has 1 aromatic carbocycles. The van der Waals surface area contributed by atoms with Gasteiger partial charge >= 0.3 is 0 Å². The Morgan fingerprint density at radius 3 is 2.71 bits per heavy atom. The number of nitrogens with one attached hydrogen (secondary N) is 2. The highest BCUT2D eigenvalue weighted by Gasteiger charge is 2.21. The first-order valence-electron chi connectivity index (χ1n) is 6.62. The van der Waals surface area contributed by atoms with Gasteiger partial charge in [0, 0.05) is 25.7 Å². The van der Waals surface area contributed by atoms with Crippen LogP contribution in [-0.2, 0) is 4.74 Å². The predicted molar refractivity (Wildman–Crippen MR) is 77.3 cm³/mol. The van der Waals surface area contributed by atoms with Crippen molar-refractivity contribution in [2.75, 3.05) is 45.8 Å². The number of nitro groups is 1. The van der Waals surface area contributed by atoms with Crippen LogP contribution in [0.5, 0.6) is 11.5 Å². The first kappa shape index (κ1) is 15.3. The minimum atomic E-state index is -0.454. The van der Waals surface area contributed by atoms with E-state index in [1.807, 2.05) is 0 Å². The van der Waals surface area contributed by atoms with Gasteiger partial charge in [0.25, 0.3) is 5.69 Å². The summed E-state index contributed by atoms with van der Waals surface area (Å²) < 4.78 is 15.8. The summed E-state index contributed by atoms with van der Waals surface area (Å²) in [7, 11) is 2.93. The fraction of sp³-hybridized carbons (Fsp3) is 0.538. The van der Waals surface area contributed by atoms with Gasteiger partial charge in [0.05, 0.1) is 37.9 Å². The molecule has 1 saturated heterocycles.